The number of nitrogens with one attached hydrogen (secondary N) is 1. The fourth-order valence-corrected chi connectivity index (χ4v) is 1.58. The van der Waals surface area contributed by atoms with E-state index >= 15 is 0 Å². The molecule has 0 spiro atoms. The van der Waals surface area contributed by atoms with E-state index < -0.39 is 0 Å². The minimum Gasteiger partial charge on any atom is -0.493 e. The molecule has 1 aromatic heterocycles. The molecule has 0 saturated carbocycles. The van der Waals surface area contributed by atoms with Crippen molar-refractivity contribution in [3.63, 3.8) is 0 Å². The SMILES string of the molecule is COCCCOc1cccc(NC(=O)c2ccon2)c1. The van der Waals surface area contributed by atoms with Crippen molar-refractivity contribution >= 4 is 11.6 Å². The second-order valence-electron chi connectivity index (χ2n) is 4.06. The molecule has 0 bridgehead atoms. The summed E-state index contributed by atoms with van der Waals surface area (Å²) >= 11 is 0. The van der Waals surface area contributed by atoms with Gasteiger partial charge in [-0.25, -0.2) is 0 Å². The summed E-state index contributed by atoms with van der Waals surface area (Å²) in [7, 11) is 1.65. The molecule has 1 amide bonds. The Morgan fingerprint density at radius 2 is 2.25 bits per heavy atom. The van der Waals surface area contributed by atoms with Crippen LogP contribution in [0.15, 0.2) is 41.1 Å². The Morgan fingerprint density at radius 1 is 1.35 bits per heavy atom. The van der Waals surface area contributed by atoms with E-state index in [2.05, 4.69) is 15.0 Å². The van der Waals surface area contributed by atoms with Crippen LogP contribution in [0.4, 0.5) is 5.69 Å². The number of anilines is 1. The van der Waals surface area contributed by atoms with Gasteiger partial charge in [0.05, 0.1) is 6.61 Å². The molecular formula is C14H16N2O4. The summed E-state index contributed by atoms with van der Waals surface area (Å²) < 4.78 is 15.1. The number of hydrogen-bond donors (Lipinski definition) is 1. The van der Waals surface area contributed by atoms with Crippen LogP contribution in [0.25, 0.3) is 0 Å². The predicted octanol–water partition coefficient (Wildman–Crippen LogP) is 2.34. The molecule has 0 radical (unpaired) electrons. The zero-order valence-electron chi connectivity index (χ0n) is 11.2. The predicted molar refractivity (Wildman–Crippen MR) is 72.9 cm³/mol. The van der Waals surface area contributed by atoms with Gasteiger partial charge in [-0.2, -0.15) is 0 Å². The number of methoxy groups -OCH3 is 1. The molecule has 1 heterocycles. The molecule has 6 nitrogen and oxygen atoms in total. The summed E-state index contributed by atoms with van der Waals surface area (Å²) in [4.78, 5) is 11.8. The van der Waals surface area contributed by atoms with Crippen molar-refractivity contribution in [2.75, 3.05) is 25.6 Å². The first-order chi connectivity index (χ1) is 9.79. The van der Waals surface area contributed by atoms with E-state index in [0.717, 1.165) is 6.42 Å². The van der Waals surface area contributed by atoms with Crippen LogP contribution in [0.5, 0.6) is 5.75 Å². The minimum atomic E-state index is -0.324. The third-order valence-corrected chi connectivity index (χ3v) is 2.52. The maximum Gasteiger partial charge on any atom is 0.277 e. The average Bonchev–Trinajstić information content (AvgIpc) is 2.98. The first-order valence-electron chi connectivity index (χ1n) is 6.23. The summed E-state index contributed by atoms with van der Waals surface area (Å²) in [5, 5.41) is 6.29. The van der Waals surface area contributed by atoms with Gasteiger partial charge in [-0.3, -0.25) is 4.79 Å². The highest BCUT2D eigenvalue weighted by molar-refractivity contribution is 6.02. The van der Waals surface area contributed by atoms with Gasteiger partial charge in [0, 0.05) is 38.0 Å². The Kier molecular flexibility index (Phi) is 5.14. The van der Waals surface area contributed by atoms with Gasteiger partial charge in [0.2, 0.25) is 0 Å². The number of nitrogens with zero attached hydrogens (tertiary/aromatic N) is 1. The zero-order valence-corrected chi connectivity index (χ0v) is 11.2. The first kappa shape index (κ1) is 14.1. The largest absolute Gasteiger partial charge is 0.493 e. The molecule has 106 valence electrons. The van der Waals surface area contributed by atoms with Crippen LogP contribution >= 0.6 is 0 Å². The number of amides is 1. The lowest BCUT2D eigenvalue weighted by Gasteiger charge is -2.08. The molecule has 2 aromatic rings. The van der Waals surface area contributed by atoms with Gasteiger partial charge in [0.15, 0.2) is 5.69 Å². The van der Waals surface area contributed by atoms with Crippen molar-refractivity contribution < 1.29 is 18.8 Å². The standard InChI is InChI=1S/C14H16N2O4/c1-18-7-3-8-19-12-5-2-4-11(10-12)15-14(17)13-6-9-20-16-13/h2,4-6,9-10H,3,7-8H2,1H3,(H,15,17). The third kappa shape index (κ3) is 4.10. The Morgan fingerprint density at radius 3 is 3.00 bits per heavy atom. The summed E-state index contributed by atoms with van der Waals surface area (Å²) in [6.45, 7) is 1.22. The minimum absolute atomic E-state index is 0.233. The smallest absolute Gasteiger partial charge is 0.277 e. The van der Waals surface area contributed by atoms with Gasteiger partial charge in [0.1, 0.15) is 12.0 Å². The molecule has 1 N–H and O–H groups in total. The molecule has 0 aliphatic rings. The fourth-order valence-electron chi connectivity index (χ4n) is 1.58. The van der Waals surface area contributed by atoms with Crippen molar-refractivity contribution in [2.45, 2.75) is 6.42 Å². The number of benzene rings is 1. The Labute approximate surface area is 116 Å². The Hall–Kier alpha value is -2.34. The third-order valence-electron chi connectivity index (χ3n) is 2.52. The van der Waals surface area contributed by atoms with Crippen LogP contribution < -0.4 is 10.1 Å². The van der Waals surface area contributed by atoms with Crippen molar-refractivity contribution in [1.29, 1.82) is 0 Å². The maximum atomic E-state index is 11.8. The van der Waals surface area contributed by atoms with Gasteiger partial charge in [-0.05, 0) is 12.1 Å². The molecule has 0 unspecified atom stereocenters. The molecule has 20 heavy (non-hydrogen) atoms. The number of carbonyl (C=O) groups is 1. The zero-order chi connectivity index (χ0) is 14.2. The van der Waals surface area contributed by atoms with Crippen LogP contribution in [-0.4, -0.2) is 31.4 Å². The van der Waals surface area contributed by atoms with Gasteiger partial charge in [0.25, 0.3) is 5.91 Å². The van der Waals surface area contributed by atoms with E-state index in [1.54, 1.807) is 19.2 Å². The van der Waals surface area contributed by atoms with Crippen molar-refractivity contribution in [2.24, 2.45) is 0 Å². The summed E-state index contributed by atoms with van der Waals surface area (Å²) in [5.41, 5.74) is 0.874. The lowest BCUT2D eigenvalue weighted by atomic mass is 10.3. The van der Waals surface area contributed by atoms with Crippen molar-refractivity contribution in [1.82, 2.24) is 5.16 Å². The van der Waals surface area contributed by atoms with Gasteiger partial charge in [-0.15, -0.1) is 0 Å². The van der Waals surface area contributed by atoms with E-state index in [-0.39, 0.29) is 11.6 Å². The van der Waals surface area contributed by atoms with Gasteiger partial charge < -0.3 is 19.3 Å². The van der Waals surface area contributed by atoms with Crippen LogP contribution in [0, 0.1) is 0 Å². The van der Waals surface area contributed by atoms with Crippen LogP contribution in [-0.2, 0) is 4.74 Å². The van der Waals surface area contributed by atoms with Crippen LogP contribution in [0.3, 0.4) is 0 Å². The number of aromatic nitrogens is 1. The number of ether oxygens (including phenoxy) is 2. The summed E-state index contributed by atoms with van der Waals surface area (Å²) in [5.74, 6) is 0.370. The Balaban J connectivity index is 1.90. The van der Waals surface area contributed by atoms with Crippen LogP contribution in [0.1, 0.15) is 16.9 Å². The normalized spacial score (nSPS) is 10.2. The van der Waals surface area contributed by atoms with Gasteiger partial charge in [-0.1, -0.05) is 11.2 Å². The van der Waals surface area contributed by atoms with E-state index in [0.29, 0.717) is 24.7 Å². The van der Waals surface area contributed by atoms with Crippen LogP contribution in [0.2, 0.25) is 0 Å². The Bertz CT molecular complexity index is 540. The van der Waals surface area contributed by atoms with Gasteiger partial charge >= 0.3 is 0 Å². The monoisotopic (exact) mass is 276 g/mol. The molecular weight excluding hydrogens is 260 g/mol. The average molecular weight is 276 g/mol. The molecule has 2 rings (SSSR count). The molecule has 0 fully saturated rings. The summed E-state index contributed by atoms with van der Waals surface area (Å²) in [6.07, 6.45) is 2.16. The highest BCUT2D eigenvalue weighted by atomic mass is 16.5. The lowest BCUT2D eigenvalue weighted by Crippen LogP contribution is -2.12. The second-order valence-corrected chi connectivity index (χ2v) is 4.06. The van der Waals surface area contributed by atoms with E-state index in [1.807, 2.05) is 12.1 Å². The van der Waals surface area contributed by atoms with Crippen molar-refractivity contribution in [3.8, 4) is 5.75 Å². The first-order valence-corrected chi connectivity index (χ1v) is 6.23. The molecule has 6 heteroatoms. The molecule has 0 saturated heterocycles. The molecule has 0 atom stereocenters. The number of rotatable bonds is 7. The fraction of sp³-hybridized carbons (Fsp3) is 0.286. The highest BCUT2D eigenvalue weighted by Gasteiger charge is 2.09. The number of hydrogen-bond acceptors (Lipinski definition) is 5. The molecule has 0 aliphatic carbocycles. The molecule has 1 aromatic carbocycles. The maximum absolute atomic E-state index is 11.8. The summed E-state index contributed by atoms with van der Waals surface area (Å²) in [6, 6.07) is 8.67. The quantitative estimate of drug-likeness (QED) is 0.786. The number of carbonyl (C=O) groups excluding carboxylic acids is 1. The second kappa shape index (κ2) is 7.30. The lowest BCUT2D eigenvalue weighted by molar-refractivity contribution is 0.101. The van der Waals surface area contributed by atoms with E-state index in [1.165, 1.54) is 12.3 Å². The van der Waals surface area contributed by atoms with E-state index in [9.17, 15) is 4.79 Å². The van der Waals surface area contributed by atoms with Crippen molar-refractivity contribution in [3.05, 3.63) is 42.3 Å². The highest BCUT2D eigenvalue weighted by Crippen LogP contribution is 2.18. The topological polar surface area (TPSA) is 73.6 Å². The van der Waals surface area contributed by atoms with E-state index in [4.69, 9.17) is 9.47 Å². The molecule has 0 aliphatic heterocycles.